The quantitative estimate of drug-likeness (QED) is 0.344. The molecule has 1 aliphatic carbocycles. The van der Waals surface area contributed by atoms with E-state index in [9.17, 15) is 18.4 Å². The standard InChI is InChI=1S/C20H19F2N2O4.C7H5N2S.In/c1-20(10-28-11-20)19(26)24(2)13-5-4-12(9-25)14(6-13)15-7-16(18(21)22)23-8-17(15)27-3;1-2-6(1)3-4-7-9-8-5-10-7;/h4-8,18H,10-11H2,1-3H3;6H,1-2H2;. The molecule has 0 unspecified atom stereocenters. The number of alkyl halides is 2. The zero-order valence-electron chi connectivity index (χ0n) is 21.5. The molecule has 12 heteroatoms. The summed E-state index contributed by atoms with van der Waals surface area (Å²) in [5, 5.41) is 8.91. The normalized spacial score (nSPS) is 15.6. The second-order valence-electron chi connectivity index (χ2n) is 9.76. The first-order valence-corrected chi connectivity index (χ1v) is 16.4. The van der Waals surface area contributed by atoms with Crippen LogP contribution in [-0.4, -0.2) is 74.9 Å². The number of anilines is 1. The Hall–Kier alpha value is -2.88. The van der Waals surface area contributed by atoms with Crippen LogP contribution in [0.2, 0.25) is 0 Å². The average Bonchev–Trinajstić information content (AvgIpc) is 3.66. The van der Waals surface area contributed by atoms with Crippen molar-refractivity contribution in [1.29, 1.82) is 0 Å². The van der Waals surface area contributed by atoms with Crippen molar-refractivity contribution >= 4 is 52.1 Å². The van der Waals surface area contributed by atoms with Gasteiger partial charge in [-0.15, -0.1) is 0 Å². The van der Waals surface area contributed by atoms with Crippen molar-refractivity contribution in [3.63, 3.8) is 0 Å². The molecule has 1 aliphatic heterocycles. The summed E-state index contributed by atoms with van der Waals surface area (Å²) in [5.74, 6) is 6.71. The van der Waals surface area contributed by atoms with Crippen LogP contribution in [0.25, 0.3) is 11.1 Å². The molecule has 1 aromatic carbocycles. The first-order chi connectivity index (χ1) is 18.7. The minimum atomic E-state index is -2.81. The molecule has 3 heterocycles. The Morgan fingerprint density at radius 2 is 2.00 bits per heavy atom. The Morgan fingerprint density at radius 1 is 1.23 bits per heavy atom. The molecule has 1 amide bonds. The van der Waals surface area contributed by atoms with Gasteiger partial charge in [-0.05, 0) is 0 Å². The van der Waals surface area contributed by atoms with E-state index in [0.717, 1.165) is 12.8 Å². The van der Waals surface area contributed by atoms with Crippen LogP contribution in [-0.2, 0) is 9.53 Å². The second-order valence-corrected chi connectivity index (χ2v) is 15.8. The van der Waals surface area contributed by atoms with E-state index >= 15 is 0 Å². The fourth-order valence-electron chi connectivity index (χ4n) is 4.11. The van der Waals surface area contributed by atoms with Crippen LogP contribution in [0.5, 0.6) is 5.75 Å². The molecule has 3 aromatic rings. The average molecular weight is 653 g/mol. The molecule has 0 atom stereocenters. The maximum absolute atomic E-state index is 13.6. The van der Waals surface area contributed by atoms with Crippen molar-refractivity contribution < 1.29 is 27.8 Å². The van der Waals surface area contributed by atoms with E-state index in [2.05, 4.69) is 27.0 Å². The maximum atomic E-state index is 13.6. The van der Waals surface area contributed by atoms with E-state index in [4.69, 9.17) is 9.47 Å². The molecule has 5 rings (SSSR count). The predicted octanol–water partition coefficient (Wildman–Crippen LogP) is 3.48. The number of rotatable bonds is 8. The van der Waals surface area contributed by atoms with Gasteiger partial charge in [0, 0.05) is 0 Å². The molecule has 2 fully saturated rings. The zero-order chi connectivity index (χ0) is 27.7. The number of nitrogens with zero attached hydrogens (tertiary/aromatic N) is 4. The number of amides is 1. The summed E-state index contributed by atoms with van der Waals surface area (Å²) < 4.78 is 38.5. The van der Waals surface area contributed by atoms with E-state index in [-0.39, 0.29) is 15.2 Å². The molecular formula is C27H24F2InN4O4S. The third-order valence-electron chi connectivity index (χ3n) is 6.60. The van der Waals surface area contributed by atoms with Crippen molar-refractivity contribution in [1.82, 2.24) is 15.2 Å². The van der Waals surface area contributed by atoms with Gasteiger partial charge in [-0.2, -0.15) is 0 Å². The summed E-state index contributed by atoms with van der Waals surface area (Å²) in [5.41, 5.74) is 0.459. The van der Waals surface area contributed by atoms with Crippen LogP contribution >= 0.6 is 11.3 Å². The van der Waals surface area contributed by atoms with Gasteiger partial charge in [-0.3, -0.25) is 0 Å². The van der Waals surface area contributed by atoms with E-state index in [1.54, 1.807) is 25.2 Å². The number of benzene rings is 1. The number of halogens is 2. The number of carbonyl (C=O) groups excluding carboxylic acids is 2. The first-order valence-electron chi connectivity index (χ1n) is 12.2. The summed E-state index contributed by atoms with van der Waals surface area (Å²) in [7, 11) is 3.05. The van der Waals surface area contributed by atoms with Crippen LogP contribution in [0.15, 0.2) is 30.5 Å². The van der Waals surface area contributed by atoms with Gasteiger partial charge in [0.05, 0.1) is 0 Å². The molecule has 2 aromatic heterocycles. The molecule has 0 N–H and O–H groups in total. The van der Waals surface area contributed by atoms with Gasteiger partial charge >= 0.3 is 240 Å². The monoisotopic (exact) mass is 653 g/mol. The summed E-state index contributed by atoms with van der Waals surface area (Å²) in [6.07, 6.45) is 0.617. The predicted molar refractivity (Wildman–Crippen MR) is 143 cm³/mol. The Labute approximate surface area is 239 Å². The van der Waals surface area contributed by atoms with Crippen molar-refractivity contribution in [3.8, 4) is 28.7 Å². The Morgan fingerprint density at radius 3 is 2.64 bits per heavy atom. The van der Waals surface area contributed by atoms with E-state index in [1.807, 2.05) is 6.92 Å². The molecule has 8 nitrogen and oxygen atoms in total. The van der Waals surface area contributed by atoms with Crippen LogP contribution in [0.1, 0.15) is 47.3 Å². The van der Waals surface area contributed by atoms with Crippen molar-refractivity contribution in [2.45, 2.75) is 26.2 Å². The zero-order valence-corrected chi connectivity index (χ0v) is 25.6. The van der Waals surface area contributed by atoms with Gasteiger partial charge in [0.2, 0.25) is 0 Å². The van der Waals surface area contributed by atoms with Crippen LogP contribution < -0.4 is 12.4 Å². The third kappa shape index (κ3) is 6.00. The van der Waals surface area contributed by atoms with E-state index in [1.165, 1.54) is 35.6 Å². The van der Waals surface area contributed by atoms with Crippen LogP contribution in [0.4, 0.5) is 14.5 Å². The Bertz CT molecular complexity index is 1490. The number of carbonyl (C=O) groups is 2. The van der Waals surface area contributed by atoms with Gasteiger partial charge < -0.3 is 0 Å². The Balaban J connectivity index is 1.53. The van der Waals surface area contributed by atoms with Crippen LogP contribution in [0.3, 0.4) is 0 Å². The molecule has 199 valence electrons. The second kappa shape index (κ2) is 11.3. The number of hydrogen-bond donors (Lipinski definition) is 0. The van der Waals surface area contributed by atoms with Gasteiger partial charge in [0.25, 0.3) is 0 Å². The molecule has 1 saturated carbocycles. The van der Waals surface area contributed by atoms with Crippen molar-refractivity contribution in [2.75, 3.05) is 32.3 Å². The fourth-order valence-corrected chi connectivity index (χ4v) is 8.95. The summed E-state index contributed by atoms with van der Waals surface area (Å²) in [4.78, 5) is 32.1. The number of methoxy groups -OCH3 is 1. The van der Waals surface area contributed by atoms with E-state index in [0.29, 0.717) is 49.3 Å². The number of pyridine rings is 1. The molecule has 0 spiro atoms. The fraction of sp³-hybridized carbons (Fsp3) is 0.370. The molecule has 1 saturated heterocycles. The Kier molecular flexibility index (Phi) is 8.03. The van der Waals surface area contributed by atoms with Gasteiger partial charge in [0.1, 0.15) is 0 Å². The van der Waals surface area contributed by atoms with Gasteiger partial charge in [-0.1, -0.05) is 0 Å². The molecule has 1 radical (unpaired) electrons. The topological polar surface area (TPSA) is 94.5 Å². The number of ether oxygens (including phenoxy) is 2. The minimum absolute atomic E-state index is 0.101. The number of hydrogen-bond acceptors (Lipinski definition) is 8. The van der Waals surface area contributed by atoms with Crippen molar-refractivity contribution in [2.24, 2.45) is 11.3 Å². The summed E-state index contributed by atoms with van der Waals surface area (Å²) >= 11 is -0.814. The van der Waals surface area contributed by atoms with Gasteiger partial charge in [0.15, 0.2) is 0 Å². The molecule has 39 heavy (non-hydrogen) atoms. The van der Waals surface area contributed by atoms with Gasteiger partial charge in [-0.25, -0.2) is 0 Å². The van der Waals surface area contributed by atoms with Crippen LogP contribution in [0, 0.1) is 23.2 Å². The summed E-state index contributed by atoms with van der Waals surface area (Å²) in [6, 6.07) is 6.22. The SMILES string of the molecule is COc1cnc(C(F)F)cc1-c1cc(N(C)C(=O)C2(C)COC2)ccc1[C](=O)[In][c]1nnc(C#CC2CC2)s1. The third-order valence-corrected chi connectivity index (χ3v) is 11.7. The van der Waals surface area contributed by atoms with E-state index < -0.39 is 40.4 Å². The number of aromatic nitrogens is 3. The molecule has 0 bridgehead atoms. The summed E-state index contributed by atoms with van der Waals surface area (Å²) in [6.45, 7) is 2.46. The van der Waals surface area contributed by atoms with Crippen molar-refractivity contribution in [3.05, 3.63) is 46.7 Å². The first kappa shape index (κ1) is 27.7. The molecule has 2 aliphatic rings. The molecular weight excluding hydrogens is 629 g/mol.